The summed E-state index contributed by atoms with van der Waals surface area (Å²) >= 11 is 0. The van der Waals surface area contributed by atoms with Crippen molar-refractivity contribution in [3.63, 3.8) is 0 Å². The number of esters is 3. The minimum atomic E-state index is -0.767. The Bertz CT molecular complexity index is 1150. The van der Waals surface area contributed by atoms with Gasteiger partial charge in [0, 0.05) is 19.3 Å². The van der Waals surface area contributed by atoms with Crippen LogP contribution in [0.2, 0.25) is 0 Å². The van der Waals surface area contributed by atoms with Crippen molar-refractivity contribution in [2.75, 3.05) is 13.2 Å². The zero-order valence-electron chi connectivity index (χ0n) is 48.0. The van der Waals surface area contributed by atoms with E-state index >= 15 is 0 Å². The Morgan fingerprint density at radius 3 is 0.775 bits per heavy atom. The van der Waals surface area contributed by atoms with E-state index in [1.165, 1.54) is 250 Å². The maximum atomic E-state index is 12.9. The summed E-state index contributed by atoms with van der Waals surface area (Å²) in [6.07, 6.45) is 71.8. The summed E-state index contributed by atoms with van der Waals surface area (Å²) in [6, 6.07) is 0. The second-order valence-electron chi connectivity index (χ2n) is 21.7. The molecular formula is C65H122O6. The second kappa shape index (κ2) is 60.4. The van der Waals surface area contributed by atoms with E-state index in [0.29, 0.717) is 19.3 Å². The van der Waals surface area contributed by atoms with Crippen LogP contribution in [0.15, 0.2) is 24.3 Å². The largest absolute Gasteiger partial charge is 0.462 e. The minimum absolute atomic E-state index is 0.0653. The van der Waals surface area contributed by atoms with Gasteiger partial charge in [-0.1, -0.05) is 308 Å². The van der Waals surface area contributed by atoms with Gasteiger partial charge < -0.3 is 14.2 Å². The Morgan fingerprint density at radius 1 is 0.282 bits per heavy atom. The summed E-state index contributed by atoms with van der Waals surface area (Å²) in [5, 5.41) is 0. The molecule has 0 aromatic carbocycles. The number of allylic oxidation sites excluding steroid dienone is 4. The van der Waals surface area contributed by atoms with Crippen LogP contribution in [0.1, 0.15) is 355 Å². The fourth-order valence-electron chi connectivity index (χ4n) is 9.65. The minimum Gasteiger partial charge on any atom is -0.462 e. The van der Waals surface area contributed by atoms with E-state index in [0.717, 1.165) is 64.2 Å². The average molecular weight is 1000 g/mol. The number of carbonyl (C=O) groups excluding carboxylic acids is 3. The standard InChI is InChI=1S/C65H122O6/c1-4-7-10-13-16-19-22-25-27-29-30-31-32-33-34-36-37-40-43-46-49-52-55-58-64(67)70-61-62(60-69-63(66)57-54-51-48-45-42-39-24-21-18-15-12-9-6-3)71-65(68)59-56-53-50-47-44-41-38-35-28-26-23-20-17-14-11-8-5-2/h22,25,29-30,62H,4-21,23-24,26-28,31-61H2,1-3H3/b25-22-,30-29-. The molecule has 0 spiro atoms. The Hall–Kier alpha value is -2.11. The van der Waals surface area contributed by atoms with Crippen LogP contribution >= 0.6 is 0 Å². The first kappa shape index (κ1) is 68.9. The zero-order chi connectivity index (χ0) is 51.4. The van der Waals surface area contributed by atoms with Crippen LogP contribution in [-0.4, -0.2) is 37.2 Å². The van der Waals surface area contributed by atoms with Crippen molar-refractivity contribution in [2.24, 2.45) is 0 Å². The van der Waals surface area contributed by atoms with Crippen LogP contribution in [0, 0.1) is 0 Å². The van der Waals surface area contributed by atoms with E-state index < -0.39 is 6.10 Å². The number of hydrogen-bond acceptors (Lipinski definition) is 6. The highest BCUT2D eigenvalue weighted by Crippen LogP contribution is 2.18. The van der Waals surface area contributed by atoms with Gasteiger partial charge in [0.2, 0.25) is 0 Å². The van der Waals surface area contributed by atoms with Crippen molar-refractivity contribution in [3.05, 3.63) is 24.3 Å². The summed E-state index contributed by atoms with van der Waals surface area (Å²) in [7, 11) is 0. The maximum absolute atomic E-state index is 12.9. The molecule has 0 rings (SSSR count). The Morgan fingerprint density at radius 2 is 0.507 bits per heavy atom. The van der Waals surface area contributed by atoms with Crippen LogP contribution in [0.25, 0.3) is 0 Å². The monoisotopic (exact) mass is 999 g/mol. The molecule has 0 heterocycles. The Balaban J connectivity index is 4.26. The topological polar surface area (TPSA) is 78.9 Å². The molecular weight excluding hydrogens is 877 g/mol. The summed E-state index contributed by atoms with van der Waals surface area (Å²) < 4.78 is 16.9. The highest BCUT2D eigenvalue weighted by Gasteiger charge is 2.19. The lowest BCUT2D eigenvalue weighted by molar-refractivity contribution is -0.167. The normalized spacial score (nSPS) is 12.1. The number of unbranched alkanes of at least 4 members (excludes halogenated alkanes) is 44. The summed E-state index contributed by atoms with van der Waals surface area (Å²) in [5.74, 6) is -0.840. The van der Waals surface area contributed by atoms with E-state index in [9.17, 15) is 14.4 Å². The van der Waals surface area contributed by atoms with Gasteiger partial charge in [-0.15, -0.1) is 0 Å². The third-order valence-corrected chi connectivity index (χ3v) is 14.5. The molecule has 0 amide bonds. The van der Waals surface area contributed by atoms with E-state index in [4.69, 9.17) is 14.2 Å². The molecule has 6 nitrogen and oxygen atoms in total. The molecule has 0 saturated carbocycles. The van der Waals surface area contributed by atoms with Crippen molar-refractivity contribution in [1.29, 1.82) is 0 Å². The van der Waals surface area contributed by atoms with E-state index in [1.54, 1.807) is 0 Å². The Labute approximate surface area is 443 Å². The lowest BCUT2D eigenvalue weighted by Crippen LogP contribution is -2.30. The summed E-state index contributed by atoms with van der Waals surface area (Å²) in [4.78, 5) is 38.3. The van der Waals surface area contributed by atoms with Gasteiger partial charge in [0.25, 0.3) is 0 Å². The highest BCUT2D eigenvalue weighted by atomic mass is 16.6. The first-order valence-corrected chi connectivity index (χ1v) is 31.8. The average Bonchev–Trinajstić information content (AvgIpc) is 3.37. The van der Waals surface area contributed by atoms with Crippen LogP contribution in [-0.2, 0) is 28.6 Å². The number of ether oxygens (including phenoxy) is 3. The van der Waals surface area contributed by atoms with Gasteiger partial charge in [-0.25, -0.2) is 0 Å². The van der Waals surface area contributed by atoms with Crippen molar-refractivity contribution in [3.8, 4) is 0 Å². The lowest BCUT2D eigenvalue weighted by Gasteiger charge is -2.18. The predicted octanol–water partition coefficient (Wildman–Crippen LogP) is 21.4. The first-order valence-electron chi connectivity index (χ1n) is 31.8. The molecule has 0 aromatic heterocycles. The van der Waals surface area contributed by atoms with Crippen molar-refractivity contribution < 1.29 is 28.6 Å². The first-order chi connectivity index (χ1) is 35.0. The maximum Gasteiger partial charge on any atom is 0.306 e. The van der Waals surface area contributed by atoms with Gasteiger partial charge in [0.1, 0.15) is 13.2 Å². The SMILES string of the molecule is CCCCCCC/C=C\C/C=C\CCCCCCCCCCCCCC(=O)OCC(COC(=O)CCCCCCCCCCCCCCC)OC(=O)CCCCCCCCCCCCCCCCCCC. The molecule has 0 aliphatic heterocycles. The van der Waals surface area contributed by atoms with Gasteiger partial charge in [-0.2, -0.15) is 0 Å². The van der Waals surface area contributed by atoms with Crippen molar-refractivity contribution in [2.45, 2.75) is 361 Å². The number of hydrogen-bond donors (Lipinski definition) is 0. The third kappa shape index (κ3) is 58.7. The molecule has 0 radical (unpaired) electrons. The molecule has 0 aliphatic rings. The van der Waals surface area contributed by atoms with E-state index in [-0.39, 0.29) is 31.1 Å². The summed E-state index contributed by atoms with van der Waals surface area (Å²) in [5.41, 5.74) is 0. The van der Waals surface area contributed by atoms with Crippen LogP contribution in [0.4, 0.5) is 0 Å². The van der Waals surface area contributed by atoms with Gasteiger partial charge in [-0.3, -0.25) is 14.4 Å². The lowest BCUT2D eigenvalue weighted by atomic mass is 10.0. The molecule has 1 unspecified atom stereocenters. The fraction of sp³-hybridized carbons (Fsp3) is 0.892. The molecule has 1 atom stereocenters. The quantitative estimate of drug-likeness (QED) is 0.0261. The fourth-order valence-corrected chi connectivity index (χ4v) is 9.65. The zero-order valence-corrected chi connectivity index (χ0v) is 48.0. The molecule has 0 aliphatic carbocycles. The van der Waals surface area contributed by atoms with Crippen molar-refractivity contribution in [1.82, 2.24) is 0 Å². The van der Waals surface area contributed by atoms with Gasteiger partial charge in [0.15, 0.2) is 6.10 Å². The van der Waals surface area contributed by atoms with Gasteiger partial charge in [0.05, 0.1) is 0 Å². The third-order valence-electron chi connectivity index (χ3n) is 14.5. The van der Waals surface area contributed by atoms with Crippen molar-refractivity contribution >= 4 is 17.9 Å². The highest BCUT2D eigenvalue weighted by molar-refractivity contribution is 5.71. The molecule has 0 fully saturated rings. The van der Waals surface area contributed by atoms with Gasteiger partial charge in [-0.05, 0) is 51.4 Å². The predicted molar refractivity (Wildman–Crippen MR) is 307 cm³/mol. The number of rotatable bonds is 59. The number of carbonyl (C=O) groups is 3. The van der Waals surface area contributed by atoms with Crippen LogP contribution < -0.4 is 0 Å². The molecule has 6 heteroatoms. The smallest absolute Gasteiger partial charge is 0.306 e. The molecule has 0 bridgehead atoms. The van der Waals surface area contributed by atoms with E-state index in [2.05, 4.69) is 45.1 Å². The Kier molecular flexibility index (Phi) is 58.6. The molecule has 0 saturated heterocycles. The molecule has 0 aromatic rings. The van der Waals surface area contributed by atoms with Gasteiger partial charge >= 0.3 is 17.9 Å². The summed E-state index contributed by atoms with van der Waals surface area (Å²) in [6.45, 7) is 6.69. The molecule has 418 valence electrons. The molecule has 0 N–H and O–H groups in total. The van der Waals surface area contributed by atoms with Crippen LogP contribution in [0.5, 0.6) is 0 Å². The second-order valence-corrected chi connectivity index (χ2v) is 21.7. The van der Waals surface area contributed by atoms with Crippen LogP contribution in [0.3, 0.4) is 0 Å². The van der Waals surface area contributed by atoms with E-state index in [1.807, 2.05) is 0 Å². The molecule has 71 heavy (non-hydrogen) atoms.